The lowest BCUT2D eigenvalue weighted by Crippen LogP contribution is -2.46. The molecule has 3 aliphatic heterocycles. The van der Waals surface area contributed by atoms with Crippen molar-refractivity contribution < 1.29 is 14.6 Å². The van der Waals surface area contributed by atoms with E-state index in [-0.39, 0.29) is 18.1 Å². The number of guanidine groups is 1. The van der Waals surface area contributed by atoms with E-state index in [0.717, 1.165) is 69.4 Å². The number of amidine groups is 3. The Hall–Kier alpha value is -2.98. The SMILES string of the molecule is CC1CCC(CN2C(N3CCC4OCCC43)=NC(=NC(=N)C(=N)NC(=O)O)/C2=C/C2C=C(Cl)C=CC2)CC1. The third-order valence-corrected chi connectivity index (χ3v) is 8.40. The number of rotatable bonds is 3. The molecule has 1 saturated carbocycles. The van der Waals surface area contributed by atoms with Gasteiger partial charge in [0.2, 0.25) is 5.96 Å². The van der Waals surface area contributed by atoms with Gasteiger partial charge in [-0.15, -0.1) is 0 Å². The second-order valence-electron chi connectivity index (χ2n) is 10.9. The lowest BCUT2D eigenvalue weighted by atomic mass is 9.83. The summed E-state index contributed by atoms with van der Waals surface area (Å²) in [4.78, 5) is 25.0. The van der Waals surface area contributed by atoms with Crippen molar-refractivity contribution in [1.82, 2.24) is 15.1 Å². The van der Waals surface area contributed by atoms with E-state index in [9.17, 15) is 4.79 Å². The molecular weight excluding hydrogens is 506 g/mol. The van der Waals surface area contributed by atoms with Crippen molar-refractivity contribution in [2.75, 3.05) is 19.7 Å². The first kappa shape index (κ1) is 26.6. The van der Waals surface area contributed by atoms with E-state index in [0.29, 0.717) is 16.8 Å². The molecule has 0 radical (unpaired) electrons. The smallest absolute Gasteiger partial charge is 0.410 e. The highest BCUT2D eigenvalue weighted by atomic mass is 35.5. The van der Waals surface area contributed by atoms with Gasteiger partial charge in [0.1, 0.15) is 0 Å². The van der Waals surface area contributed by atoms with E-state index in [4.69, 9.17) is 37.3 Å². The van der Waals surface area contributed by atoms with Crippen LogP contribution in [0.3, 0.4) is 0 Å². The minimum atomic E-state index is -1.41. The van der Waals surface area contributed by atoms with Gasteiger partial charge in [-0.05, 0) is 56.1 Å². The number of amides is 1. The topological polar surface area (TPSA) is 137 Å². The van der Waals surface area contributed by atoms with Crippen molar-refractivity contribution in [2.45, 2.75) is 64.0 Å². The number of hydrogen-bond acceptors (Lipinski definition) is 6. The van der Waals surface area contributed by atoms with Gasteiger partial charge in [0.15, 0.2) is 17.5 Å². The summed E-state index contributed by atoms with van der Waals surface area (Å²) in [6, 6.07) is 0.251. The summed E-state index contributed by atoms with van der Waals surface area (Å²) >= 11 is 6.33. The molecule has 11 heteroatoms. The molecule has 4 N–H and O–H groups in total. The van der Waals surface area contributed by atoms with Gasteiger partial charge < -0.3 is 19.6 Å². The average Bonchev–Trinajstić information content (AvgIpc) is 3.57. The Bertz CT molecular complexity index is 1140. The zero-order valence-corrected chi connectivity index (χ0v) is 22.5. The minimum absolute atomic E-state index is 0.0306. The van der Waals surface area contributed by atoms with Crippen molar-refractivity contribution in [3.63, 3.8) is 0 Å². The third-order valence-electron chi connectivity index (χ3n) is 8.15. The van der Waals surface area contributed by atoms with Crippen molar-refractivity contribution in [3.8, 4) is 0 Å². The molecule has 3 fully saturated rings. The number of halogens is 1. The van der Waals surface area contributed by atoms with Crippen molar-refractivity contribution in [2.24, 2.45) is 27.7 Å². The fourth-order valence-corrected chi connectivity index (χ4v) is 6.37. The fourth-order valence-electron chi connectivity index (χ4n) is 6.12. The number of nitrogens with zero attached hydrogens (tertiary/aromatic N) is 4. The molecular formula is C27H36ClN7O3. The zero-order chi connectivity index (χ0) is 26.8. The van der Waals surface area contributed by atoms with Crippen LogP contribution in [-0.2, 0) is 4.74 Å². The summed E-state index contributed by atoms with van der Waals surface area (Å²) < 4.78 is 5.97. The molecule has 0 bridgehead atoms. The molecule has 38 heavy (non-hydrogen) atoms. The maximum atomic E-state index is 11.0. The van der Waals surface area contributed by atoms with Crippen LogP contribution >= 0.6 is 11.6 Å². The molecule has 0 aromatic carbocycles. The van der Waals surface area contributed by atoms with Crippen LogP contribution in [-0.4, -0.2) is 76.3 Å². The number of carboxylic acid groups (broad SMARTS) is 1. The first-order valence-electron chi connectivity index (χ1n) is 13.5. The van der Waals surface area contributed by atoms with Crippen LogP contribution in [0.1, 0.15) is 51.9 Å². The van der Waals surface area contributed by atoms with Crippen LogP contribution in [0.2, 0.25) is 0 Å². The number of carbonyl (C=O) groups is 1. The molecule has 10 nitrogen and oxygen atoms in total. The third kappa shape index (κ3) is 5.86. The standard InChI is InChI=1S/C27H36ClN7O3/c1-16-5-7-17(8-6-16)15-35-21(14-18-3-2-4-19(28)13-18)25(31-23(29)24(30)32-27(36)37)33-26(35)34-11-9-22-20(34)10-12-38-22/h2,4,13-14,16-18,20,22,29H,3,5-12,15H2,1H3,(H2,30,32)(H,36,37)/b21-14-,29-23?,31-25?. The summed E-state index contributed by atoms with van der Waals surface area (Å²) in [6.07, 6.45) is 14.2. The van der Waals surface area contributed by atoms with Gasteiger partial charge >= 0.3 is 6.09 Å². The van der Waals surface area contributed by atoms with E-state index >= 15 is 0 Å². The van der Waals surface area contributed by atoms with Crippen molar-refractivity contribution in [3.05, 3.63) is 35.0 Å². The van der Waals surface area contributed by atoms with Gasteiger partial charge in [0.25, 0.3) is 0 Å². The fraction of sp³-hybridized carbons (Fsp3) is 0.593. The molecule has 1 amide bonds. The number of allylic oxidation sites excluding steroid dienone is 5. The van der Waals surface area contributed by atoms with Gasteiger partial charge in [0, 0.05) is 30.6 Å². The van der Waals surface area contributed by atoms with Crippen LogP contribution in [0.4, 0.5) is 4.79 Å². The van der Waals surface area contributed by atoms with Crippen LogP contribution in [0, 0.1) is 28.6 Å². The maximum absolute atomic E-state index is 11.0. The van der Waals surface area contributed by atoms with Gasteiger partial charge in [0.05, 0.1) is 17.8 Å². The molecule has 5 rings (SSSR count). The number of hydrogen-bond donors (Lipinski definition) is 4. The molecule has 3 unspecified atom stereocenters. The number of nitrogens with one attached hydrogen (secondary N) is 3. The van der Waals surface area contributed by atoms with E-state index in [1.807, 2.05) is 23.5 Å². The van der Waals surface area contributed by atoms with Crippen LogP contribution in [0.15, 0.2) is 45.0 Å². The Kier molecular flexibility index (Phi) is 7.99. The predicted octanol–water partition coefficient (Wildman–Crippen LogP) is 4.55. The Morgan fingerprint density at radius 2 is 2.08 bits per heavy atom. The van der Waals surface area contributed by atoms with Gasteiger partial charge in [-0.2, -0.15) is 4.99 Å². The van der Waals surface area contributed by atoms with Crippen molar-refractivity contribution >= 4 is 41.2 Å². The highest BCUT2D eigenvalue weighted by molar-refractivity contribution is 6.42. The zero-order valence-electron chi connectivity index (χ0n) is 21.7. The number of likely N-dealkylation sites (tertiary alicyclic amines) is 1. The molecule has 5 aliphatic rings. The van der Waals surface area contributed by atoms with Crippen LogP contribution < -0.4 is 5.32 Å². The largest absolute Gasteiger partial charge is 0.465 e. The summed E-state index contributed by atoms with van der Waals surface area (Å²) in [5.41, 5.74) is 0.787. The van der Waals surface area contributed by atoms with Gasteiger partial charge in [-0.25, -0.2) is 9.79 Å². The average molecular weight is 542 g/mol. The Balaban J connectivity index is 1.52. The van der Waals surface area contributed by atoms with E-state index in [2.05, 4.69) is 27.8 Å². The van der Waals surface area contributed by atoms with Crippen LogP contribution in [0.25, 0.3) is 0 Å². The van der Waals surface area contributed by atoms with Crippen molar-refractivity contribution in [1.29, 1.82) is 10.8 Å². The second-order valence-corrected chi connectivity index (χ2v) is 11.3. The Morgan fingerprint density at radius 1 is 1.29 bits per heavy atom. The first-order valence-corrected chi connectivity index (χ1v) is 13.9. The molecule has 2 saturated heterocycles. The monoisotopic (exact) mass is 541 g/mol. The molecule has 204 valence electrons. The minimum Gasteiger partial charge on any atom is -0.465 e. The lowest BCUT2D eigenvalue weighted by molar-refractivity contribution is 0.109. The predicted molar refractivity (Wildman–Crippen MR) is 148 cm³/mol. The Labute approximate surface area is 228 Å². The highest BCUT2D eigenvalue weighted by Crippen LogP contribution is 2.36. The quantitative estimate of drug-likeness (QED) is 0.307. The molecule has 3 atom stereocenters. The normalized spacial score (nSPS) is 32.9. The molecule has 0 aromatic heterocycles. The lowest BCUT2D eigenvalue weighted by Gasteiger charge is -2.35. The van der Waals surface area contributed by atoms with E-state index in [1.165, 1.54) is 12.8 Å². The number of aliphatic imine (C=N–C) groups is 2. The summed E-state index contributed by atoms with van der Waals surface area (Å²) in [7, 11) is 0. The molecule has 2 aliphatic carbocycles. The van der Waals surface area contributed by atoms with E-state index < -0.39 is 17.8 Å². The summed E-state index contributed by atoms with van der Waals surface area (Å²) in [5, 5.41) is 27.9. The molecule has 3 heterocycles. The van der Waals surface area contributed by atoms with E-state index in [1.54, 1.807) is 0 Å². The second kappa shape index (κ2) is 11.4. The first-order chi connectivity index (χ1) is 18.3. The summed E-state index contributed by atoms with van der Waals surface area (Å²) in [6.45, 7) is 4.68. The molecule has 0 spiro atoms. The van der Waals surface area contributed by atoms with Gasteiger partial charge in [-0.1, -0.05) is 43.5 Å². The molecule has 0 aromatic rings. The van der Waals surface area contributed by atoms with Crippen LogP contribution in [0.5, 0.6) is 0 Å². The number of fused-ring (bicyclic) bond motifs is 1. The Morgan fingerprint density at radius 3 is 2.82 bits per heavy atom. The number of ether oxygens (including phenoxy) is 1. The maximum Gasteiger partial charge on any atom is 0.410 e. The highest BCUT2D eigenvalue weighted by Gasteiger charge is 2.44. The summed E-state index contributed by atoms with van der Waals surface area (Å²) in [5.74, 6) is 1.36. The van der Waals surface area contributed by atoms with Gasteiger partial charge in [-0.3, -0.25) is 16.1 Å².